The third-order valence-corrected chi connectivity index (χ3v) is 2.99. The lowest BCUT2D eigenvalue weighted by molar-refractivity contribution is 0.0406. The van der Waals surface area contributed by atoms with Crippen LogP contribution in [0, 0.1) is 0 Å². The molecule has 0 aromatic carbocycles. The summed E-state index contributed by atoms with van der Waals surface area (Å²) in [7, 11) is 0. The Kier molecular flexibility index (Phi) is 4.96. The summed E-state index contributed by atoms with van der Waals surface area (Å²) in [4.78, 5) is 12.2. The second kappa shape index (κ2) is 6.01. The minimum absolute atomic E-state index is 0.164. The van der Waals surface area contributed by atoms with Gasteiger partial charge >= 0.3 is 5.97 Å². The van der Waals surface area contributed by atoms with Crippen molar-refractivity contribution in [1.29, 1.82) is 0 Å². The first-order valence-corrected chi connectivity index (χ1v) is 6.39. The van der Waals surface area contributed by atoms with Crippen LogP contribution in [0.4, 0.5) is 0 Å². The fraction of sp³-hybridized carbons (Fsp3) is 0.583. The molecular formula is C12H19NO2S. The van der Waals surface area contributed by atoms with Gasteiger partial charge in [0.15, 0.2) is 0 Å². The number of hydrogen-bond donors (Lipinski definition) is 1. The van der Waals surface area contributed by atoms with E-state index in [4.69, 9.17) is 4.74 Å². The van der Waals surface area contributed by atoms with Gasteiger partial charge in [0, 0.05) is 5.54 Å². The van der Waals surface area contributed by atoms with Crippen LogP contribution in [-0.2, 0) is 4.74 Å². The molecule has 0 saturated carbocycles. The van der Waals surface area contributed by atoms with Crippen LogP contribution in [0.5, 0.6) is 0 Å². The Morgan fingerprint density at radius 1 is 1.56 bits per heavy atom. The predicted octanol–water partition coefficient (Wildman–Crippen LogP) is 2.68. The van der Waals surface area contributed by atoms with E-state index in [0.29, 0.717) is 11.5 Å². The van der Waals surface area contributed by atoms with Crippen molar-refractivity contribution in [1.82, 2.24) is 5.32 Å². The third kappa shape index (κ3) is 4.33. The van der Waals surface area contributed by atoms with Gasteiger partial charge in [0.25, 0.3) is 0 Å². The van der Waals surface area contributed by atoms with Crippen LogP contribution in [0.1, 0.15) is 36.9 Å². The molecule has 1 aromatic rings. The Balaban J connectivity index is 2.36. The van der Waals surface area contributed by atoms with Gasteiger partial charge in [-0.25, -0.2) is 4.79 Å². The molecule has 0 aliphatic rings. The molecule has 0 spiro atoms. The minimum atomic E-state index is -0.235. The summed E-state index contributed by atoms with van der Waals surface area (Å²) < 4.78 is 5.26. The molecule has 1 N–H and O–H groups in total. The zero-order valence-corrected chi connectivity index (χ0v) is 10.9. The van der Waals surface area contributed by atoms with Crippen molar-refractivity contribution in [2.75, 3.05) is 13.2 Å². The first kappa shape index (κ1) is 13.2. The van der Waals surface area contributed by atoms with E-state index in [9.17, 15) is 4.79 Å². The van der Waals surface area contributed by atoms with Crippen LogP contribution in [0.3, 0.4) is 0 Å². The Bertz CT molecular complexity index is 320. The first-order chi connectivity index (χ1) is 7.55. The lowest BCUT2D eigenvalue weighted by atomic mass is 10.1. The lowest BCUT2D eigenvalue weighted by Gasteiger charge is -2.25. The highest BCUT2D eigenvalue weighted by atomic mass is 32.1. The molecule has 3 nitrogen and oxygen atoms in total. The number of ether oxygens (including phenoxy) is 1. The maximum Gasteiger partial charge on any atom is 0.348 e. The summed E-state index contributed by atoms with van der Waals surface area (Å²) in [6, 6.07) is 3.63. The van der Waals surface area contributed by atoms with Crippen molar-refractivity contribution in [3.05, 3.63) is 22.4 Å². The van der Waals surface area contributed by atoms with E-state index in [1.165, 1.54) is 11.3 Å². The largest absolute Gasteiger partial charge is 0.460 e. The quantitative estimate of drug-likeness (QED) is 0.778. The zero-order chi connectivity index (χ0) is 12.0. The van der Waals surface area contributed by atoms with Crippen LogP contribution >= 0.6 is 11.3 Å². The van der Waals surface area contributed by atoms with E-state index >= 15 is 0 Å². The monoisotopic (exact) mass is 241 g/mol. The molecule has 0 unspecified atom stereocenters. The topological polar surface area (TPSA) is 38.3 Å². The number of carbonyl (C=O) groups is 1. The van der Waals surface area contributed by atoms with E-state index in [1.807, 2.05) is 25.3 Å². The van der Waals surface area contributed by atoms with E-state index in [-0.39, 0.29) is 11.5 Å². The van der Waals surface area contributed by atoms with Crippen LogP contribution in [0.25, 0.3) is 0 Å². The van der Waals surface area contributed by atoms with Crippen molar-refractivity contribution in [3.63, 3.8) is 0 Å². The fourth-order valence-corrected chi connectivity index (χ4v) is 1.84. The normalized spacial score (nSPS) is 11.4. The van der Waals surface area contributed by atoms with Crippen LogP contribution < -0.4 is 5.32 Å². The van der Waals surface area contributed by atoms with E-state index in [2.05, 4.69) is 12.2 Å². The van der Waals surface area contributed by atoms with Crippen molar-refractivity contribution in [3.8, 4) is 0 Å². The van der Waals surface area contributed by atoms with Gasteiger partial charge in [0.05, 0.1) is 0 Å². The average molecular weight is 241 g/mol. The number of rotatable bonds is 6. The van der Waals surface area contributed by atoms with Crippen molar-refractivity contribution in [2.45, 2.75) is 32.7 Å². The number of thiophene rings is 1. The maximum atomic E-state index is 11.6. The Hall–Kier alpha value is -0.870. The van der Waals surface area contributed by atoms with Gasteiger partial charge < -0.3 is 10.1 Å². The average Bonchev–Trinajstić information content (AvgIpc) is 2.77. The third-order valence-electron chi connectivity index (χ3n) is 2.14. The van der Waals surface area contributed by atoms with E-state index in [0.717, 1.165) is 13.0 Å². The minimum Gasteiger partial charge on any atom is -0.460 e. The molecule has 1 rings (SSSR count). The van der Waals surface area contributed by atoms with Gasteiger partial charge in [-0.3, -0.25) is 0 Å². The molecule has 0 radical (unpaired) electrons. The standard InChI is InChI=1S/C12H19NO2S/c1-4-7-13-12(2,3)9-15-11(14)10-6-5-8-16-10/h5-6,8,13H,4,7,9H2,1-3H3. The molecule has 0 fully saturated rings. The zero-order valence-electron chi connectivity index (χ0n) is 10.1. The molecule has 0 amide bonds. The lowest BCUT2D eigenvalue weighted by Crippen LogP contribution is -2.44. The molecule has 1 aromatic heterocycles. The summed E-state index contributed by atoms with van der Waals surface area (Å²) in [5.74, 6) is -0.235. The summed E-state index contributed by atoms with van der Waals surface area (Å²) in [6.45, 7) is 7.50. The van der Waals surface area contributed by atoms with Gasteiger partial charge in [-0.15, -0.1) is 11.3 Å². The van der Waals surface area contributed by atoms with Gasteiger partial charge in [-0.05, 0) is 38.3 Å². The number of carbonyl (C=O) groups excluding carboxylic acids is 1. The summed E-state index contributed by atoms with van der Waals surface area (Å²) in [6.07, 6.45) is 1.07. The van der Waals surface area contributed by atoms with Gasteiger partial charge in [-0.2, -0.15) is 0 Å². The number of nitrogens with one attached hydrogen (secondary N) is 1. The SMILES string of the molecule is CCCNC(C)(C)COC(=O)c1cccs1. The number of esters is 1. The van der Waals surface area contributed by atoms with E-state index in [1.54, 1.807) is 6.07 Å². The Morgan fingerprint density at radius 2 is 2.31 bits per heavy atom. The van der Waals surface area contributed by atoms with Gasteiger partial charge in [-0.1, -0.05) is 13.0 Å². The van der Waals surface area contributed by atoms with Crippen LogP contribution in [-0.4, -0.2) is 24.7 Å². The highest BCUT2D eigenvalue weighted by Gasteiger charge is 2.19. The van der Waals surface area contributed by atoms with Crippen LogP contribution in [0.15, 0.2) is 17.5 Å². The fourth-order valence-electron chi connectivity index (χ4n) is 1.23. The molecule has 0 saturated heterocycles. The second-order valence-electron chi connectivity index (χ2n) is 4.36. The number of hydrogen-bond acceptors (Lipinski definition) is 4. The van der Waals surface area contributed by atoms with Gasteiger partial charge in [0.2, 0.25) is 0 Å². The molecule has 0 aliphatic carbocycles. The van der Waals surface area contributed by atoms with Crippen molar-refractivity contribution < 1.29 is 9.53 Å². The maximum absolute atomic E-state index is 11.6. The smallest absolute Gasteiger partial charge is 0.348 e. The molecule has 0 atom stereocenters. The summed E-state index contributed by atoms with van der Waals surface area (Å²) >= 11 is 1.40. The molecule has 1 heterocycles. The summed E-state index contributed by atoms with van der Waals surface area (Å²) in [5.41, 5.74) is -0.164. The molecule has 90 valence electrons. The molecular weight excluding hydrogens is 222 g/mol. The van der Waals surface area contributed by atoms with Crippen LogP contribution in [0.2, 0.25) is 0 Å². The first-order valence-electron chi connectivity index (χ1n) is 5.51. The predicted molar refractivity (Wildman–Crippen MR) is 67.0 cm³/mol. The van der Waals surface area contributed by atoms with Gasteiger partial charge in [0.1, 0.15) is 11.5 Å². The highest BCUT2D eigenvalue weighted by Crippen LogP contribution is 2.11. The second-order valence-corrected chi connectivity index (χ2v) is 5.31. The highest BCUT2D eigenvalue weighted by molar-refractivity contribution is 7.11. The van der Waals surface area contributed by atoms with Crippen molar-refractivity contribution >= 4 is 17.3 Å². The summed E-state index contributed by atoms with van der Waals surface area (Å²) in [5, 5.41) is 5.21. The van der Waals surface area contributed by atoms with Crippen molar-refractivity contribution in [2.24, 2.45) is 0 Å². The Labute approximate surface area is 101 Å². The molecule has 4 heteroatoms. The molecule has 0 aliphatic heterocycles. The molecule has 0 bridgehead atoms. The van der Waals surface area contributed by atoms with E-state index < -0.39 is 0 Å². The molecule has 16 heavy (non-hydrogen) atoms. The Morgan fingerprint density at radius 3 is 2.88 bits per heavy atom.